The Bertz CT molecular complexity index is 1340. The van der Waals surface area contributed by atoms with Crippen molar-refractivity contribution in [1.82, 2.24) is 9.80 Å². The van der Waals surface area contributed by atoms with Crippen LogP contribution in [0.3, 0.4) is 0 Å². The smallest absolute Gasteiger partial charge is 0.254 e. The second kappa shape index (κ2) is 16.4. The van der Waals surface area contributed by atoms with Crippen molar-refractivity contribution in [2.24, 2.45) is 5.41 Å². The monoisotopic (exact) mass is 578 g/mol. The van der Waals surface area contributed by atoms with Crippen molar-refractivity contribution in [3.05, 3.63) is 125 Å². The molecule has 3 aliphatic rings. The molecule has 0 N–H and O–H groups in total. The Balaban J connectivity index is 0.00000248. The Morgan fingerprint density at radius 3 is 2.49 bits per heavy atom. The van der Waals surface area contributed by atoms with E-state index in [9.17, 15) is 4.79 Å². The van der Waals surface area contributed by atoms with E-state index in [2.05, 4.69) is 99.3 Å². The zero-order chi connectivity index (χ0) is 31.4. The fourth-order valence-corrected chi connectivity index (χ4v) is 6.58. The van der Waals surface area contributed by atoms with E-state index < -0.39 is 0 Å². The number of fused-ring (bicyclic) bond motifs is 1. The van der Waals surface area contributed by atoms with Crippen LogP contribution in [0, 0.1) is 5.41 Å². The molecule has 0 radical (unpaired) electrons. The summed E-state index contributed by atoms with van der Waals surface area (Å²) in [6, 6.07) is 6.17. The van der Waals surface area contributed by atoms with Crippen LogP contribution < -0.4 is 0 Å². The molecule has 4 rings (SSSR count). The summed E-state index contributed by atoms with van der Waals surface area (Å²) in [6.07, 6.45) is 23.7. The van der Waals surface area contributed by atoms with E-state index in [1.807, 2.05) is 38.1 Å². The maximum absolute atomic E-state index is 14.2. The van der Waals surface area contributed by atoms with Gasteiger partial charge in [-0.3, -0.25) is 9.69 Å². The highest BCUT2D eigenvalue weighted by molar-refractivity contribution is 5.97. The molecule has 1 amide bonds. The average Bonchev–Trinajstić information content (AvgIpc) is 3.35. The van der Waals surface area contributed by atoms with Gasteiger partial charge in [-0.2, -0.15) is 0 Å². The number of carbonyl (C=O) groups is 1. The highest BCUT2D eigenvalue weighted by Gasteiger charge is 2.42. The van der Waals surface area contributed by atoms with Crippen LogP contribution in [-0.2, 0) is 6.42 Å². The van der Waals surface area contributed by atoms with Crippen molar-refractivity contribution in [2.75, 3.05) is 32.7 Å². The lowest BCUT2D eigenvalue weighted by Gasteiger charge is -2.45. The first-order chi connectivity index (χ1) is 20.8. The minimum Gasteiger partial charge on any atom is -0.337 e. The van der Waals surface area contributed by atoms with Crippen molar-refractivity contribution >= 4 is 12.0 Å². The standard InChI is InChI=1S/C38H48N2O.C2H6/c1-7-10-19-36-30(5)20-23-40(37(41)35-18-14-16-33-15-12-11-13-17-34(33)35)28-38(36)21-24-39(25-22-38)27-32(9-3)31(6)26-29(4)8-2;1-2/h7,9-16,18-19,26H,1,3,8,17,20-25,27-28H2,2,4-6H3;1-2H3/b19-10-,29-26+,32-31+;. The Kier molecular flexibility index (Phi) is 13.0. The number of benzene rings is 1. The van der Waals surface area contributed by atoms with Crippen LogP contribution in [0.1, 0.15) is 88.7 Å². The summed E-state index contributed by atoms with van der Waals surface area (Å²) >= 11 is 0. The lowest BCUT2D eigenvalue weighted by molar-refractivity contribution is 0.0609. The van der Waals surface area contributed by atoms with Gasteiger partial charge in [0.05, 0.1) is 0 Å². The molecule has 2 heterocycles. The van der Waals surface area contributed by atoms with Gasteiger partial charge in [0.1, 0.15) is 0 Å². The van der Waals surface area contributed by atoms with E-state index >= 15 is 0 Å². The molecule has 0 unspecified atom stereocenters. The van der Waals surface area contributed by atoms with Crippen molar-refractivity contribution in [3.8, 4) is 0 Å². The predicted octanol–water partition coefficient (Wildman–Crippen LogP) is 9.68. The number of hydrogen-bond acceptors (Lipinski definition) is 2. The Hall–Kier alpha value is -3.43. The van der Waals surface area contributed by atoms with E-state index in [-0.39, 0.29) is 11.3 Å². The summed E-state index contributed by atoms with van der Waals surface area (Å²) in [5.41, 5.74) is 9.87. The van der Waals surface area contributed by atoms with Crippen LogP contribution in [0.25, 0.3) is 6.08 Å². The second-order valence-electron chi connectivity index (χ2n) is 11.9. The van der Waals surface area contributed by atoms with Gasteiger partial charge in [-0.15, -0.1) is 0 Å². The fourth-order valence-electron chi connectivity index (χ4n) is 6.58. The van der Waals surface area contributed by atoms with E-state index in [1.165, 1.54) is 27.9 Å². The Morgan fingerprint density at radius 2 is 1.81 bits per heavy atom. The Morgan fingerprint density at radius 1 is 1.07 bits per heavy atom. The van der Waals surface area contributed by atoms with E-state index in [4.69, 9.17) is 0 Å². The number of rotatable bonds is 8. The lowest BCUT2D eigenvalue weighted by Crippen LogP contribution is -2.48. The van der Waals surface area contributed by atoms with Gasteiger partial charge in [-0.05, 0) is 99.9 Å². The topological polar surface area (TPSA) is 23.6 Å². The minimum absolute atomic E-state index is 0.0659. The van der Waals surface area contributed by atoms with Gasteiger partial charge in [-0.1, -0.05) is 112 Å². The van der Waals surface area contributed by atoms with Crippen LogP contribution >= 0.6 is 0 Å². The average molecular weight is 579 g/mol. The predicted molar refractivity (Wildman–Crippen MR) is 187 cm³/mol. The zero-order valence-corrected chi connectivity index (χ0v) is 27.7. The molecule has 43 heavy (non-hydrogen) atoms. The van der Waals surface area contributed by atoms with Gasteiger partial charge in [0.25, 0.3) is 5.91 Å². The first-order valence-electron chi connectivity index (χ1n) is 16.3. The fraction of sp³-hybridized carbons (Fsp3) is 0.425. The van der Waals surface area contributed by atoms with E-state index in [0.29, 0.717) is 0 Å². The number of amides is 1. The first-order valence-corrected chi connectivity index (χ1v) is 16.3. The normalized spacial score (nSPS) is 19.3. The zero-order valence-electron chi connectivity index (χ0n) is 27.7. The van der Waals surface area contributed by atoms with Gasteiger partial charge in [0, 0.05) is 30.6 Å². The second-order valence-corrected chi connectivity index (χ2v) is 11.9. The minimum atomic E-state index is -0.0659. The summed E-state index contributed by atoms with van der Waals surface area (Å²) in [7, 11) is 0. The number of likely N-dealkylation sites (tertiary alicyclic amines) is 1. The van der Waals surface area contributed by atoms with Gasteiger partial charge >= 0.3 is 0 Å². The molecule has 2 aliphatic heterocycles. The van der Waals surface area contributed by atoms with Crippen molar-refractivity contribution < 1.29 is 4.79 Å². The van der Waals surface area contributed by atoms with Crippen LogP contribution in [-0.4, -0.2) is 48.4 Å². The molecule has 0 saturated carbocycles. The molecule has 0 atom stereocenters. The van der Waals surface area contributed by atoms with E-state index in [0.717, 1.165) is 81.5 Å². The summed E-state index contributed by atoms with van der Waals surface area (Å²) in [5.74, 6) is 0.166. The van der Waals surface area contributed by atoms with Crippen molar-refractivity contribution in [3.63, 3.8) is 0 Å². The van der Waals surface area contributed by atoms with Crippen LogP contribution in [0.4, 0.5) is 0 Å². The molecule has 1 aromatic carbocycles. The maximum Gasteiger partial charge on any atom is 0.254 e. The molecule has 230 valence electrons. The molecule has 1 saturated heterocycles. The molecule has 0 aromatic heterocycles. The number of piperidine rings is 1. The molecule has 1 aromatic rings. The molecular formula is C40H54N2O. The molecule has 1 spiro atoms. The molecule has 3 nitrogen and oxygen atoms in total. The molecule has 1 fully saturated rings. The molecular weight excluding hydrogens is 524 g/mol. The van der Waals surface area contributed by atoms with Crippen LogP contribution in [0.5, 0.6) is 0 Å². The van der Waals surface area contributed by atoms with Gasteiger partial charge < -0.3 is 4.90 Å². The van der Waals surface area contributed by atoms with Crippen LogP contribution in [0.15, 0.2) is 108 Å². The third kappa shape index (κ3) is 8.36. The van der Waals surface area contributed by atoms with Gasteiger partial charge in [0.15, 0.2) is 0 Å². The summed E-state index contributed by atoms with van der Waals surface area (Å²) in [6.45, 7) is 25.4. The van der Waals surface area contributed by atoms with Crippen molar-refractivity contribution in [2.45, 2.75) is 73.6 Å². The van der Waals surface area contributed by atoms with Crippen molar-refractivity contribution in [1.29, 1.82) is 0 Å². The maximum atomic E-state index is 14.2. The number of allylic oxidation sites excluding steroid dienone is 9. The first kappa shape index (κ1) is 34.1. The quantitative estimate of drug-likeness (QED) is 0.287. The number of hydrogen-bond donors (Lipinski definition) is 0. The largest absolute Gasteiger partial charge is 0.337 e. The Labute approximate surface area is 262 Å². The number of carbonyl (C=O) groups excluding carboxylic acids is 1. The summed E-state index contributed by atoms with van der Waals surface area (Å²) in [4.78, 5) is 18.9. The SMILES string of the molecule is C=C/C=C\C1=C(C)CCN(C(=O)c2cccc3c2CC=CC=C3)CC12CCN(C/C(C=C)=C(C)/C=C(\C)CC)CC2.CC. The van der Waals surface area contributed by atoms with Gasteiger partial charge in [-0.25, -0.2) is 0 Å². The summed E-state index contributed by atoms with van der Waals surface area (Å²) in [5, 5.41) is 0. The highest BCUT2D eigenvalue weighted by atomic mass is 16.2. The number of nitrogens with zero attached hydrogens (tertiary/aromatic N) is 2. The highest BCUT2D eigenvalue weighted by Crippen LogP contribution is 2.44. The third-order valence-corrected chi connectivity index (χ3v) is 9.24. The lowest BCUT2D eigenvalue weighted by atomic mass is 9.70. The third-order valence-electron chi connectivity index (χ3n) is 9.24. The van der Waals surface area contributed by atoms with E-state index in [1.54, 1.807) is 0 Å². The molecule has 0 bridgehead atoms. The van der Waals surface area contributed by atoms with Crippen LogP contribution in [0.2, 0.25) is 0 Å². The molecule has 1 aliphatic carbocycles. The molecule has 3 heteroatoms. The van der Waals surface area contributed by atoms with Gasteiger partial charge in [0.2, 0.25) is 0 Å². The summed E-state index contributed by atoms with van der Waals surface area (Å²) < 4.78 is 0.